The number of hydrogen-bond donors (Lipinski definition) is 4. The van der Waals surface area contributed by atoms with Gasteiger partial charge in [-0.25, -0.2) is 23.3 Å². The second kappa shape index (κ2) is 10.2. The van der Waals surface area contributed by atoms with Gasteiger partial charge in [0.25, 0.3) is 11.8 Å². The standard InChI is InChI=1S/C26H22F2N7O5P/c27-26(28)13-34(14-26)25(36)22-9-17-1-2-18(10-21(17)35(22)15-40-41(37,38)39)24-29-8-7-23(33-24)32-20-5-3-16(4-6-20)19-11-30-31-12-19/h1-12H,13-15H2,(H,30,31)(H,29,32,33)(H2,37,38,39). The maximum absolute atomic E-state index is 13.4. The highest BCUT2D eigenvalue weighted by Crippen LogP contribution is 2.38. The Morgan fingerprint density at radius 2 is 1.83 bits per heavy atom. The second-order valence-electron chi connectivity index (χ2n) is 9.45. The Kier molecular flexibility index (Phi) is 6.62. The molecule has 4 N–H and O–H groups in total. The van der Waals surface area contributed by atoms with Gasteiger partial charge in [0.2, 0.25) is 0 Å². The van der Waals surface area contributed by atoms with Crippen LogP contribution in [0.3, 0.4) is 0 Å². The summed E-state index contributed by atoms with van der Waals surface area (Å²) in [6, 6.07) is 15.9. The average Bonchev–Trinajstić information content (AvgIpc) is 3.58. The van der Waals surface area contributed by atoms with E-state index in [2.05, 4.69) is 30.0 Å². The number of hydrogen-bond acceptors (Lipinski definition) is 7. The first-order valence-electron chi connectivity index (χ1n) is 12.2. The first-order valence-corrected chi connectivity index (χ1v) is 13.8. The Morgan fingerprint density at radius 1 is 1.07 bits per heavy atom. The molecule has 0 radical (unpaired) electrons. The van der Waals surface area contributed by atoms with Crippen LogP contribution >= 0.6 is 7.82 Å². The summed E-state index contributed by atoms with van der Waals surface area (Å²) in [6.07, 6.45) is 5.10. The van der Waals surface area contributed by atoms with Gasteiger partial charge in [0.15, 0.2) is 5.82 Å². The van der Waals surface area contributed by atoms with Gasteiger partial charge in [0, 0.05) is 34.6 Å². The molecule has 0 atom stereocenters. The number of nitrogens with zero attached hydrogens (tertiary/aromatic N) is 5. The molecule has 0 bridgehead atoms. The third kappa shape index (κ3) is 5.72. The highest BCUT2D eigenvalue weighted by molar-refractivity contribution is 7.46. The maximum atomic E-state index is 13.4. The van der Waals surface area contributed by atoms with E-state index in [1.165, 1.54) is 10.6 Å². The molecular weight excluding hydrogens is 559 g/mol. The monoisotopic (exact) mass is 581 g/mol. The van der Waals surface area contributed by atoms with Crippen LogP contribution in [0, 0.1) is 0 Å². The van der Waals surface area contributed by atoms with Crippen LogP contribution in [0.5, 0.6) is 0 Å². The van der Waals surface area contributed by atoms with E-state index in [9.17, 15) is 27.9 Å². The summed E-state index contributed by atoms with van der Waals surface area (Å²) >= 11 is 0. The maximum Gasteiger partial charge on any atom is 0.471 e. The summed E-state index contributed by atoms with van der Waals surface area (Å²) in [7, 11) is -4.90. The van der Waals surface area contributed by atoms with Crippen LogP contribution in [0.2, 0.25) is 0 Å². The van der Waals surface area contributed by atoms with E-state index in [0.29, 0.717) is 28.1 Å². The Bertz CT molecular complexity index is 1780. The molecule has 1 aliphatic heterocycles. The number of halogens is 2. The lowest BCUT2D eigenvalue weighted by Gasteiger charge is -2.38. The third-order valence-corrected chi connectivity index (χ3v) is 6.96. The number of rotatable bonds is 8. The molecule has 1 fully saturated rings. The molecule has 2 aromatic carbocycles. The Labute approximate surface area is 230 Å². The molecule has 5 aromatic rings. The van der Waals surface area contributed by atoms with Crippen molar-refractivity contribution in [2.75, 3.05) is 18.4 Å². The molecule has 12 nitrogen and oxygen atoms in total. The van der Waals surface area contributed by atoms with Gasteiger partial charge in [0.05, 0.1) is 24.8 Å². The first kappa shape index (κ1) is 26.7. The van der Waals surface area contributed by atoms with Crippen LogP contribution in [-0.4, -0.2) is 64.3 Å². The number of anilines is 2. The topological polar surface area (TPSA) is 158 Å². The van der Waals surface area contributed by atoms with E-state index in [4.69, 9.17) is 0 Å². The van der Waals surface area contributed by atoms with Crippen molar-refractivity contribution in [2.45, 2.75) is 12.7 Å². The number of nitrogens with one attached hydrogen (secondary N) is 2. The molecule has 1 aliphatic rings. The van der Waals surface area contributed by atoms with Crippen LogP contribution in [0.25, 0.3) is 33.4 Å². The van der Waals surface area contributed by atoms with Crippen molar-refractivity contribution in [3.8, 4) is 22.5 Å². The number of amides is 1. The van der Waals surface area contributed by atoms with Crippen LogP contribution < -0.4 is 5.32 Å². The number of carbonyl (C=O) groups is 1. The van der Waals surface area contributed by atoms with Gasteiger partial charge in [-0.15, -0.1) is 0 Å². The molecular formula is C26H22F2N7O5P. The summed E-state index contributed by atoms with van der Waals surface area (Å²) in [5.41, 5.74) is 3.62. The van der Waals surface area contributed by atoms with Gasteiger partial charge in [-0.3, -0.25) is 14.4 Å². The number of phosphoric acid groups is 1. The molecule has 4 heterocycles. The summed E-state index contributed by atoms with van der Waals surface area (Å²) in [6.45, 7) is -2.16. The minimum Gasteiger partial charge on any atom is -0.340 e. The summed E-state index contributed by atoms with van der Waals surface area (Å²) in [5.74, 6) is -2.82. The fourth-order valence-electron chi connectivity index (χ4n) is 4.53. The van der Waals surface area contributed by atoms with Gasteiger partial charge in [-0.05, 0) is 35.9 Å². The Balaban J connectivity index is 1.29. The molecule has 15 heteroatoms. The van der Waals surface area contributed by atoms with E-state index in [1.807, 2.05) is 24.3 Å². The molecule has 41 heavy (non-hydrogen) atoms. The molecule has 1 saturated heterocycles. The second-order valence-corrected chi connectivity index (χ2v) is 10.7. The zero-order chi connectivity index (χ0) is 28.8. The van der Waals surface area contributed by atoms with Crippen LogP contribution in [0.1, 0.15) is 10.5 Å². The van der Waals surface area contributed by atoms with Crippen molar-refractivity contribution in [3.05, 3.63) is 78.9 Å². The number of aromatic nitrogens is 5. The fraction of sp³-hybridized carbons (Fsp3) is 0.154. The van der Waals surface area contributed by atoms with Gasteiger partial charge >= 0.3 is 7.82 Å². The Hall–Kier alpha value is -4.49. The first-order chi connectivity index (χ1) is 19.5. The lowest BCUT2D eigenvalue weighted by molar-refractivity contribution is -0.113. The van der Waals surface area contributed by atoms with E-state index < -0.39 is 39.5 Å². The number of H-pyrrole nitrogens is 1. The molecule has 3 aromatic heterocycles. The van der Waals surface area contributed by atoms with Gasteiger partial charge < -0.3 is 24.6 Å². The van der Waals surface area contributed by atoms with Crippen LogP contribution in [0.4, 0.5) is 20.3 Å². The number of aromatic amines is 1. The van der Waals surface area contributed by atoms with E-state index >= 15 is 0 Å². The zero-order valence-corrected chi connectivity index (χ0v) is 22.0. The minimum absolute atomic E-state index is 0.0451. The number of alkyl halides is 2. The van der Waals surface area contributed by atoms with Crippen molar-refractivity contribution < 1.29 is 32.5 Å². The fourth-order valence-corrected chi connectivity index (χ4v) is 4.80. The predicted octanol–water partition coefficient (Wildman–Crippen LogP) is 4.39. The van der Waals surface area contributed by atoms with Gasteiger partial charge in [-0.2, -0.15) is 5.10 Å². The third-order valence-electron chi connectivity index (χ3n) is 6.51. The normalized spacial score (nSPS) is 14.7. The highest BCUT2D eigenvalue weighted by atomic mass is 31.2. The average molecular weight is 581 g/mol. The summed E-state index contributed by atoms with van der Waals surface area (Å²) < 4.78 is 44.1. The highest BCUT2D eigenvalue weighted by Gasteiger charge is 2.47. The van der Waals surface area contributed by atoms with Gasteiger partial charge in [-0.1, -0.05) is 24.3 Å². The van der Waals surface area contributed by atoms with Crippen molar-refractivity contribution in [3.63, 3.8) is 0 Å². The SMILES string of the molecule is O=C(c1cc2ccc(-c3nccc(Nc4ccc(-c5cn[nH]c5)cc4)n3)cc2n1COP(=O)(O)O)N1CC(F)(F)C1. The lowest BCUT2D eigenvalue weighted by Crippen LogP contribution is -2.58. The van der Waals surface area contributed by atoms with Crippen molar-refractivity contribution in [2.24, 2.45) is 0 Å². The zero-order valence-electron chi connectivity index (χ0n) is 21.1. The smallest absolute Gasteiger partial charge is 0.340 e. The number of benzene rings is 2. The van der Waals surface area contributed by atoms with Crippen molar-refractivity contribution in [1.29, 1.82) is 0 Å². The quantitative estimate of drug-likeness (QED) is 0.195. The van der Waals surface area contributed by atoms with E-state index in [-0.39, 0.29) is 5.69 Å². The largest absolute Gasteiger partial charge is 0.471 e. The van der Waals surface area contributed by atoms with E-state index in [1.54, 1.807) is 42.9 Å². The number of phosphoric ester groups is 1. The van der Waals surface area contributed by atoms with E-state index in [0.717, 1.165) is 21.7 Å². The predicted molar refractivity (Wildman–Crippen MR) is 144 cm³/mol. The molecule has 0 saturated carbocycles. The molecule has 0 unspecified atom stereocenters. The van der Waals surface area contributed by atoms with Crippen molar-refractivity contribution in [1.82, 2.24) is 29.6 Å². The molecule has 0 aliphatic carbocycles. The number of carbonyl (C=O) groups excluding carboxylic acids is 1. The molecule has 210 valence electrons. The summed E-state index contributed by atoms with van der Waals surface area (Å²) in [4.78, 5) is 41.4. The molecule has 6 rings (SSSR count). The van der Waals surface area contributed by atoms with Crippen LogP contribution in [0.15, 0.2) is 73.2 Å². The lowest BCUT2D eigenvalue weighted by atomic mass is 10.1. The number of fused-ring (bicyclic) bond motifs is 1. The molecule has 1 amide bonds. The van der Waals surface area contributed by atoms with Gasteiger partial charge in [0.1, 0.15) is 18.2 Å². The van der Waals surface area contributed by atoms with Crippen molar-refractivity contribution >= 4 is 36.1 Å². The molecule has 0 spiro atoms. The van der Waals surface area contributed by atoms with Crippen LogP contribution in [-0.2, 0) is 15.8 Å². The Morgan fingerprint density at radius 3 is 2.51 bits per heavy atom. The number of likely N-dealkylation sites (tertiary alicyclic amines) is 1. The minimum atomic E-state index is -4.90. The summed E-state index contributed by atoms with van der Waals surface area (Å²) in [5, 5.41) is 10.5.